The minimum Gasteiger partial charge on any atom is -0.381 e. The van der Waals surface area contributed by atoms with Gasteiger partial charge in [0, 0.05) is 11.6 Å². The average molecular weight is 188 g/mol. The van der Waals surface area contributed by atoms with Crippen molar-refractivity contribution in [1.82, 2.24) is 5.16 Å². The molecule has 0 aliphatic carbocycles. The van der Waals surface area contributed by atoms with E-state index in [9.17, 15) is 0 Å². The van der Waals surface area contributed by atoms with Gasteiger partial charge in [0.1, 0.15) is 0 Å². The molecule has 3 nitrogen and oxygen atoms in total. The monoisotopic (exact) mass is 188 g/mol. The number of hydrogen-bond acceptors (Lipinski definition) is 3. The highest BCUT2D eigenvalue weighted by Crippen LogP contribution is 2.25. The van der Waals surface area contributed by atoms with Crippen LogP contribution in [0.2, 0.25) is 0 Å². The van der Waals surface area contributed by atoms with Crippen LogP contribution in [0, 0.1) is 13.8 Å². The Morgan fingerprint density at radius 1 is 1.21 bits per heavy atom. The van der Waals surface area contributed by atoms with Gasteiger partial charge >= 0.3 is 0 Å². The summed E-state index contributed by atoms with van der Waals surface area (Å²) < 4.78 is 5.10. The molecule has 0 saturated carbocycles. The minimum atomic E-state index is 0.417. The van der Waals surface area contributed by atoms with Crippen molar-refractivity contribution in [3.8, 4) is 11.3 Å². The highest BCUT2D eigenvalue weighted by atomic mass is 16.5. The fourth-order valence-corrected chi connectivity index (χ4v) is 1.51. The summed E-state index contributed by atoms with van der Waals surface area (Å²) in [6.45, 7) is 4.10. The van der Waals surface area contributed by atoms with E-state index in [1.165, 1.54) is 11.1 Å². The number of anilines is 1. The molecule has 0 saturated heterocycles. The second-order valence-corrected chi connectivity index (χ2v) is 3.43. The molecule has 0 aliphatic heterocycles. The van der Waals surface area contributed by atoms with Gasteiger partial charge in [-0.05, 0) is 19.4 Å². The molecule has 0 unspecified atom stereocenters. The van der Waals surface area contributed by atoms with Gasteiger partial charge in [-0.3, -0.25) is 0 Å². The van der Waals surface area contributed by atoms with Crippen LogP contribution in [0.15, 0.2) is 28.8 Å². The third-order valence-corrected chi connectivity index (χ3v) is 2.18. The van der Waals surface area contributed by atoms with Crippen LogP contribution in [0.25, 0.3) is 11.3 Å². The number of nitrogen functional groups attached to an aromatic ring is 1. The molecule has 2 N–H and O–H groups in total. The zero-order valence-corrected chi connectivity index (χ0v) is 8.24. The van der Waals surface area contributed by atoms with Crippen molar-refractivity contribution in [3.63, 3.8) is 0 Å². The van der Waals surface area contributed by atoms with E-state index in [0.717, 1.165) is 11.3 Å². The normalized spacial score (nSPS) is 10.4. The van der Waals surface area contributed by atoms with Crippen LogP contribution in [0.3, 0.4) is 0 Å². The molecule has 0 aliphatic rings. The minimum absolute atomic E-state index is 0.417. The molecule has 3 heteroatoms. The maximum Gasteiger partial charge on any atom is 0.169 e. The Morgan fingerprint density at radius 3 is 2.57 bits per heavy atom. The maximum absolute atomic E-state index is 5.49. The van der Waals surface area contributed by atoms with Gasteiger partial charge in [-0.15, -0.1) is 0 Å². The zero-order valence-electron chi connectivity index (χ0n) is 8.24. The number of aromatic nitrogens is 1. The van der Waals surface area contributed by atoms with Crippen molar-refractivity contribution in [2.24, 2.45) is 0 Å². The van der Waals surface area contributed by atoms with Gasteiger partial charge in [0.15, 0.2) is 11.6 Å². The molecule has 0 atom stereocenters. The third-order valence-electron chi connectivity index (χ3n) is 2.18. The highest BCUT2D eigenvalue weighted by molar-refractivity contribution is 5.64. The van der Waals surface area contributed by atoms with Gasteiger partial charge in [-0.25, -0.2) is 0 Å². The van der Waals surface area contributed by atoms with Gasteiger partial charge in [-0.2, -0.15) is 0 Å². The SMILES string of the molecule is Cc1ccc(-c2cc(N)no2)c(C)c1. The summed E-state index contributed by atoms with van der Waals surface area (Å²) in [5.74, 6) is 1.14. The Labute approximate surface area is 82.5 Å². The molecule has 1 heterocycles. The summed E-state index contributed by atoms with van der Waals surface area (Å²) in [6, 6.07) is 7.90. The predicted octanol–water partition coefficient (Wildman–Crippen LogP) is 2.54. The van der Waals surface area contributed by atoms with E-state index in [-0.39, 0.29) is 0 Å². The van der Waals surface area contributed by atoms with E-state index in [0.29, 0.717) is 5.82 Å². The zero-order chi connectivity index (χ0) is 10.1. The molecular formula is C11H12N2O. The first-order valence-electron chi connectivity index (χ1n) is 4.46. The van der Waals surface area contributed by atoms with Gasteiger partial charge in [0.2, 0.25) is 0 Å². The molecule has 0 amide bonds. The van der Waals surface area contributed by atoms with Gasteiger partial charge in [-0.1, -0.05) is 28.9 Å². The second kappa shape index (κ2) is 3.18. The van der Waals surface area contributed by atoms with Crippen LogP contribution in [0.1, 0.15) is 11.1 Å². The second-order valence-electron chi connectivity index (χ2n) is 3.43. The summed E-state index contributed by atoms with van der Waals surface area (Å²) in [5, 5.41) is 3.66. The number of rotatable bonds is 1. The van der Waals surface area contributed by atoms with E-state index in [1.54, 1.807) is 6.07 Å². The van der Waals surface area contributed by atoms with E-state index in [2.05, 4.69) is 18.1 Å². The first-order chi connectivity index (χ1) is 6.66. The molecule has 0 spiro atoms. The summed E-state index contributed by atoms with van der Waals surface area (Å²) in [4.78, 5) is 0. The fraction of sp³-hybridized carbons (Fsp3) is 0.182. The predicted molar refractivity (Wildman–Crippen MR) is 55.8 cm³/mol. The standard InChI is InChI=1S/C11H12N2O/c1-7-3-4-9(8(2)5-7)10-6-11(12)13-14-10/h3-6H,1-2H3,(H2,12,13). The van der Waals surface area contributed by atoms with E-state index < -0.39 is 0 Å². The van der Waals surface area contributed by atoms with Gasteiger partial charge < -0.3 is 10.3 Å². The smallest absolute Gasteiger partial charge is 0.169 e. The number of aryl methyl sites for hydroxylation is 2. The number of nitrogens with two attached hydrogens (primary N) is 1. The third kappa shape index (κ3) is 1.48. The van der Waals surface area contributed by atoms with Crippen molar-refractivity contribution < 1.29 is 4.52 Å². The first kappa shape index (κ1) is 8.81. The molecule has 2 rings (SSSR count). The lowest BCUT2D eigenvalue weighted by Gasteiger charge is -2.01. The lowest BCUT2D eigenvalue weighted by Crippen LogP contribution is -1.82. The quantitative estimate of drug-likeness (QED) is 0.748. The van der Waals surface area contributed by atoms with Crippen molar-refractivity contribution in [1.29, 1.82) is 0 Å². The molecule has 0 fully saturated rings. The largest absolute Gasteiger partial charge is 0.381 e. The van der Waals surface area contributed by atoms with Crippen molar-refractivity contribution in [3.05, 3.63) is 35.4 Å². The summed E-state index contributed by atoms with van der Waals surface area (Å²) in [7, 11) is 0. The van der Waals surface area contributed by atoms with E-state index in [4.69, 9.17) is 10.3 Å². The Balaban J connectivity index is 2.52. The summed E-state index contributed by atoms with van der Waals surface area (Å²) in [6.07, 6.45) is 0. The van der Waals surface area contributed by atoms with Crippen LogP contribution < -0.4 is 5.73 Å². The lowest BCUT2D eigenvalue weighted by atomic mass is 10.0. The van der Waals surface area contributed by atoms with Crippen molar-refractivity contribution in [2.75, 3.05) is 5.73 Å². The topological polar surface area (TPSA) is 52.0 Å². The Morgan fingerprint density at radius 2 is 2.00 bits per heavy atom. The van der Waals surface area contributed by atoms with Crippen LogP contribution in [0.5, 0.6) is 0 Å². The Kier molecular flexibility index (Phi) is 2.00. The number of benzene rings is 1. The maximum atomic E-state index is 5.49. The van der Waals surface area contributed by atoms with Crippen LogP contribution in [0.4, 0.5) is 5.82 Å². The fourth-order valence-electron chi connectivity index (χ4n) is 1.51. The average Bonchev–Trinajstić information content (AvgIpc) is 2.51. The van der Waals surface area contributed by atoms with Crippen molar-refractivity contribution in [2.45, 2.75) is 13.8 Å². The molecule has 0 bridgehead atoms. The molecule has 0 radical (unpaired) electrons. The summed E-state index contributed by atoms with van der Waals surface area (Å²) >= 11 is 0. The van der Waals surface area contributed by atoms with Gasteiger partial charge in [0.25, 0.3) is 0 Å². The molecule has 14 heavy (non-hydrogen) atoms. The lowest BCUT2D eigenvalue weighted by molar-refractivity contribution is 0.435. The molecular weight excluding hydrogens is 176 g/mol. The highest BCUT2D eigenvalue weighted by Gasteiger charge is 2.07. The van der Waals surface area contributed by atoms with Crippen LogP contribution >= 0.6 is 0 Å². The van der Waals surface area contributed by atoms with Crippen LogP contribution in [-0.4, -0.2) is 5.16 Å². The molecule has 1 aromatic carbocycles. The molecule has 72 valence electrons. The van der Waals surface area contributed by atoms with Crippen LogP contribution in [-0.2, 0) is 0 Å². The Hall–Kier alpha value is -1.77. The number of hydrogen-bond donors (Lipinski definition) is 1. The Bertz CT molecular complexity index is 460. The van der Waals surface area contributed by atoms with Crippen molar-refractivity contribution >= 4 is 5.82 Å². The van der Waals surface area contributed by atoms with E-state index >= 15 is 0 Å². The first-order valence-corrected chi connectivity index (χ1v) is 4.46. The molecule has 1 aromatic heterocycles. The summed E-state index contributed by atoms with van der Waals surface area (Å²) in [5.41, 5.74) is 8.94. The van der Waals surface area contributed by atoms with Gasteiger partial charge in [0.05, 0.1) is 0 Å². The molecule has 2 aromatic rings. The van der Waals surface area contributed by atoms with E-state index in [1.807, 2.05) is 19.1 Å². The number of nitrogens with zero attached hydrogens (tertiary/aromatic N) is 1.